The van der Waals surface area contributed by atoms with E-state index < -0.39 is 0 Å². The summed E-state index contributed by atoms with van der Waals surface area (Å²) < 4.78 is 5.71. The summed E-state index contributed by atoms with van der Waals surface area (Å²) in [6.45, 7) is 1.96. The molecule has 2 heterocycles. The Kier molecular flexibility index (Phi) is 4.38. The Morgan fingerprint density at radius 2 is 1.68 bits per heavy atom. The second-order valence-electron chi connectivity index (χ2n) is 5.41. The van der Waals surface area contributed by atoms with Crippen LogP contribution in [0.4, 0.5) is 0 Å². The monoisotopic (exact) mass is 368 g/mol. The number of para-hydroxylation sites is 2. The zero-order valence-electron chi connectivity index (χ0n) is 13.3. The number of fused-ring (bicyclic) bond motifs is 1. The van der Waals surface area contributed by atoms with E-state index in [1.165, 1.54) is 11.8 Å². The number of aromatic nitrogens is 4. The van der Waals surface area contributed by atoms with Crippen molar-refractivity contribution >= 4 is 34.4 Å². The van der Waals surface area contributed by atoms with Crippen LogP contribution in [0.2, 0.25) is 5.02 Å². The van der Waals surface area contributed by atoms with Crippen molar-refractivity contribution in [1.29, 1.82) is 0 Å². The van der Waals surface area contributed by atoms with E-state index in [-0.39, 0.29) is 0 Å². The first kappa shape index (κ1) is 16.1. The molecule has 0 radical (unpaired) electrons. The van der Waals surface area contributed by atoms with Crippen molar-refractivity contribution in [3.8, 4) is 11.5 Å². The number of nitrogens with zero attached hydrogens (tertiary/aromatic N) is 4. The Morgan fingerprint density at radius 1 is 0.960 bits per heavy atom. The van der Waals surface area contributed by atoms with Gasteiger partial charge in [0.25, 0.3) is 5.22 Å². The Morgan fingerprint density at radius 3 is 2.44 bits per heavy atom. The third-order valence-electron chi connectivity index (χ3n) is 3.67. The number of hydrogen-bond acceptors (Lipinski definition) is 6. The second-order valence-corrected chi connectivity index (χ2v) is 6.78. The highest BCUT2D eigenvalue weighted by atomic mass is 35.5. The van der Waals surface area contributed by atoms with Gasteiger partial charge in [0.1, 0.15) is 0 Å². The largest absolute Gasteiger partial charge is 0.411 e. The third-order valence-corrected chi connectivity index (χ3v) is 4.75. The summed E-state index contributed by atoms with van der Waals surface area (Å²) in [4.78, 5) is 9.27. The summed E-state index contributed by atoms with van der Waals surface area (Å²) in [6.07, 6.45) is 0. The number of benzene rings is 2. The fraction of sp³-hybridized carbons (Fsp3) is 0.111. The highest BCUT2D eigenvalue weighted by molar-refractivity contribution is 7.98. The summed E-state index contributed by atoms with van der Waals surface area (Å²) in [6, 6.07) is 15.1. The standard InChI is InChI=1S/C18H13ClN4OS/c1-11-16(21-15-5-3-2-4-14(15)20-11)10-25-18-23-22-17(24-18)12-6-8-13(19)9-7-12/h2-9H,10H2,1H3. The highest BCUT2D eigenvalue weighted by Crippen LogP contribution is 2.27. The zero-order chi connectivity index (χ0) is 17.2. The maximum atomic E-state index is 5.89. The maximum Gasteiger partial charge on any atom is 0.277 e. The van der Waals surface area contributed by atoms with E-state index in [9.17, 15) is 0 Å². The number of aryl methyl sites for hydroxylation is 1. The average Bonchev–Trinajstić information content (AvgIpc) is 3.09. The van der Waals surface area contributed by atoms with Crippen LogP contribution in [0.3, 0.4) is 0 Å². The predicted molar refractivity (Wildman–Crippen MR) is 98.6 cm³/mol. The van der Waals surface area contributed by atoms with Crippen molar-refractivity contribution in [2.75, 3.05) is 0 Å². The molecular formula is C18H13ClN4OS. The lowest BCUT2D eigenvalue weighted by atomic mass is 10.2. The highest BCUT2D eigenvalue weighted by Gasteiger charge is 2.11. The summed E-state index contributed by atoms with van der Waals surface area (Å²) in [7, 11) is 0. The van der Waals surface area contributed by atoms with Gasteiger partial charge in [-0.2, -0.15) is 0 Å². The van der Waals surface area contributed by atoms with Crippen molar-refractivity contribution in [1.82, 2.24) is 20.2 Å². The van der Waals surface area contributed by atoms with Gasteiger partial charge in [-0.1, -0.05) is 35.5 Å². The van der Waals surface area contributed by atoms with Gasteiger partial charge in [0.05, 0.1) is 22.4 Å². The summed E-state index contributed by atoms with van der Waals surface area (Å²) in [5.41, 5.74) is 4.44. The number of hydrogen-bond donors (Lipinski definition) is 0. The first-order valence-corrected chi connectivity index (χ1v) is 9.00. The summed E-state index contributed by atoms with van der Waals surface area (Å²) >= 11 is 7.34. The van der Waals surface area contributed by atoms with Crippen LogP contribution >= 0.6 is 23.4 Å². The molecule has 2 aromatic carbocycles. The smallest absolute Gasteiger partial charge is 0.277 e. The Labute approximate surface area is 153 Å². The van der Waals surface area contributed by atoms with Gasteiger partial charge in [-0.25, -0.2) is 9.97 Å². The van der Waals surface area contributed by atoms with Crippen molar-refractivity contribution in [2.24, 2.45) is 0 Å². The molecular weight excluding hydrogens is 356 g/mol. The molecule has 0 bridgehead atoms. The van der Waals surface area contributed by atoms with E-state index in [1.807, 2.05) is 43.3 Å². The molecule has 0 amide bonds. The third kappa shape index (κ3) is 3.50. The Balaban J connectivity index is 1.52. The summed E-state index contributed by atoms with van der Waals surface area (Å²) in [5, 5.41) is 9.34. The molecule has 2 aromatic heterocycles. The minimum absolute atomic E-state index is 0.473. The fourth-order valence-electron chi connectivity index (χ4n) is 2.37. The van der Waals surface area contributed by atoms with E-state index in [0.717, 1.165) is 28.0 Å². The zero-order valence-corrected chi connectivity index (χ0v) is 14.9. The molecule has 124 valence electrons. The molecule has 4 aromatic rings. The molecule has 0 saturated carbocycles. The van der Waals surface area contributed by atoms with Crippen molar-refractivity contribution < 1.29 is 4.42 Å². The van der Waals surface area contributed by atoms with E-state index in [2.05, 4.69) is 20.2 Å². The fourth-order valence-corrected chi connectivity index (χ4v) is 3.26. The Bertz CT molecular complexity index is 1030. The molecule has 0 aliphatic carbocycles. The van der Waals surface area contributed by atoms with E-state index in [0.29, 0.717) is 21.9 Å². The van der Waals surface area contributed by atoms with Gasteiger partial charge in [0.15, 0.2) is 0 Å². The molecule has 0 aliphatic heterocycles. The lowest BCUT2D eigenvalue weighted by molar-refractivity contribution is 0.466. The van der Waals surface area contributed by atoms with Gasteiger partial charge in [-0.15, -0.1) is 10.2 Å². The van der Waals surface area contributed by atoms with Crippen LogP contribution in [-0.4, -0.2) is 20.2 Å². The molecule has 0 spiro atoms. The normalized spacial score (nSPS) is 11.1. The van der Waals surface area contributed by atoms with Crippen LogP contribution in [0, 0.1) is 6.92 Å². The number of thioether (sulfide) groups is 1. The molecule has 0 aliphatic rings. The lowest BCUT2D eigenvalue weighted by Gasteiger charge is -2.04. The minimum atomic E-state index is 0.473. The number of rotatable bonds is 4. The van der Waals surface area contributed by atoms with E-state index in [1.54, 1.807) is 12.1 Å². The molecule has 0 atom stereocenters. The SMILES string of the molecule is Cc1nc2ccccc2nc1CSc1nnc(-c2ccc(Cl)cc2)o1. The predicted octanol–water partition coefficient (Wildman–Crippen LogP) is 4.93. The second kappa shape index (κ2) is 6.82. The quantitative estimate of drug-likeness (QED) is 0.475. The van der Waals surface area contributed by atoms with E-state index in [4.69, 9.17) is 16.0 Å². The first-order chi connectivity index (χ1) is 12.2. The van der Waals surface area contributed by atoms with Crippen LogP contribution in [0.15, 0.2) is 58.2 Å². The molecule has 0 N–H and O–H groups in total. The van der Waals surface area contributed by atoms with Gasteiger partial charge in [0.2, 0.25) is 5.89 Å². The molecule has 25 heavy (non-hydrogen) atoms. The molecule has 7 heteroatoms. The van der Waals surface area contributed by atoms with Gasteiger partial charge in [-0.05, 0) is 43.3 Å². The van der Waals surface area contributed by atoms with Crippen molar-refractivity contribution in [3.05, 3.63) is 64.9 Å². The molecule has 0 saturated heterocycles. The molecule has 4 rings (SSSR count). The van der Waals surface area contributed by atoms with Gasteiger partial charge in [0, 0.05) is 16.3 Å². The van der Waals surface area contributed by atoms with Crippen molar-refractivity contribution in [2.45, 2.75) is 17.9 Å². The van der Waals surface area contributed by atoms with Gasteiger partial charge >= 0.3 is 0 Å². The van der Waals surface area contributed by atoms with Crippen molar-refractivity contribution in [3.63, 3.8) is 0 Å². The van der Waals surface area contributed by atoms with Crippen LogP contribution < -0.4 is 0 Å². The minimum Gasteiger partial charge on any atom is -0.411 e. The van der Waals surface area contributed by atoms with Crippen LogP contribution in [0.25, 0.3) is 22.5 Å². The molecule has 0 fully saturated rings. The topological polar surface area (TPSA) is 64.7 Å². The number of halogens is 1. The van der Waals surface area contributed by atoms with Crippen LogP contribution in [-0.2, 0) is 5.75 Å². The lowest BCUT2D eigenvalue weighted by Crippen LogP contribution is -1.96. The van der Waals surface area contributed by atoms with Gasteiger partial charge in [-0.3, -0.25) is 0 Å². The first-order valence-electron chi connectivity index (χ1n) is 7.63. The average molecular weight is 369 g/mol. The van der Waals surface area contributed by atoms with E-state index >= 15 is 0 Å². The Hall–Kier alpha value is -2.44. The molecule has 0 unspecified atom stereocenters. The summed E-state index contributed by atoms with van der Waals surface area (Å²) in [5.74, 6) is 1.09. The molecule has 5 nitrogen and oxygen atoms in total. The van der Waals surface area contributed by atoms with Crippen LogP contribution in [0.5, 0.6) is 0 Å². The van der Waals surface area contributed by atoms with Crippen LogP contribution in [0.1, 0.15) is 11.4 Å². The maximum absolute atomic E-state index is 5.89. The van der Waals surface area contributed by atoms with Gasteiger partial charge < -0.3 is 4.42 Å².